The highest BCUT2D eigenvalue weighted by atomic mass is 16.5. The van der Waals surface area contributed by atoms with Gasteiger partial charge >= 0.3 is 5.97 Å². The molecule has 0 saturated carbocycles. The smallest absolute Gasteiger partial charge is 0.372 e. The third-order valence-corrected chi connectivity index (χ3v) is 3.54. The number of hydrogen-bond acceptors (Lipinski definition) is 5. The lowest BCUT2D eigenvalue weighted by Gasteiger charge is -2.23. The predicted octanol–water partition coefficient (Wildman–Crippen LogP) is 1.81. The van der Waals surface area contributed by atoms with E-state index in [1.54, 1.807) is 25.1 Å². The number of aromatic carboxylic acids is 1. The summed E-state index contributed by atoms with van der Waals surface area (Å²) in [5.41, 5.74) is 1.16. The average Bonchev–Trinajstić information content (AvgIpc) is 2.83. The van der Waals surface area contributed by atoms with Crippen LogP contribution in [0.4, 0.5) is 0 Å². The number of carbonyl (C=O) groups is 1. The first-order valence-corrected chi connectivity index (χ1v) is 6.86. The molecule has 0 aliphatic carbocycles. The Morgan fingerprint density at radius 3 is 3.10 bits per heavy atom. The van der Waals surface area contributed by atoms with E-state index in [-0.39, 0.29) is 11.9 Å². The fourth-order valence-electron chi connectivity index (χ4n) is 2.41. The normalized spacial score (nSPS) is 18.8. The Hall–Kier alpha value is -2.05. The highest BCUT2D eigenvalue weighted by Gasteiger charge is 2.18. The van der Waals surface area contributed by atoms with Gasteiger partial charge in [-0.2, -0.15) is 0 Å². The molecule has 6 heteroatoms. The van der Waals surface area contributed by atoms with Gasteiger partial charge in [0.1, 0.15) is 24.0 Å². The number of carboxylic acids is 1. The van der Waals surface area contributed by atoms with Crippen molar-refractivity contribution in [3.63, 3.8) is 0 Å². The monoisotopic (exact) mass is 291 g/mol. The lowest BCUT2D eigenvalue weighted by Crippen LogP contribution is -2.41. The highest BCUT2D eigenvalue weighted by Crippen LogP contribution is 2.28. The molecule has 21 heavy (non-hydrogen) atoms. The van der Waals surface area contributed by atoms with Crippen LogP contribution in [-0.4, -0.2) is 43.5 Å². The molecule has 1 aliphatic heterocycles. The molecule has 0 radical (unpaired) electrons. The second-order valence-corrected chi connectivity index (χ2v) is 5.03. The van der Waals surface area contributed by atoms with Crippen molar-refractivity contribution < 1.29 is 23.8 Å². The molecular weight excluding hydrogens is 274 g/mol. The van der Waals surface area contributed by atoms with Gasteiger partial charge in [-0.25, -0.2) is 4.79 Å². The van der Waals surface area contributed by atoms with Gasteiger partial charge in [0.15, 0.2) is 0 Å². The summed E-state index contributed by atoms with van der Waals surface area (Å²) in [5.74, 6) is -0.410. The second-order valence-electron chi connectivity index (χ2n) is 5.03. The van der Waals surface area contributed by atoms with Gasteiger partial charge in [-0.1, -0.05) is 0 Å². The van der Waals surface area contributed by atoms with Crippen molar-refractivity contribution in [1.82, 2.24) is 5.32 Å². The van der Waals surface area contributed by atoms with Gasteiger partial charge in [0.25, 0.3) is 0 Å². The summed E-state index contributed by atoms with van der Waals surface area (Å²) < 4.78 is 16.6. The first-order chi connectivity index (χ1) is 10.1. The Balaban J connectivity index is 1.77. The Morgan fingerprint density at radius 2 is 2.38 bits per heavy atom. The number of nitrogens with one attached hydrogen (secondary N) is 1. The quantitative estimate of drug-likeness (QED) is 0.894. The van der Waals surface area contributed by atoms with Gasteiger partial charge in [-0.15, -0.1) is 0 Å². The van der Waals surface area contributed by atoms with Gasteiger partial charge < -0.3 is 24.3 Å². The summed E-state index contributed by atoms with van der Waals surface area (Å²) in [4.78, 5) is 11.1. The Morgan fingerprint density at radius 1 is 1.52 bits per heavy atom. The van der Waals surface area contributed by atoms with E-state index >= 15 is 0 Å². The Bertz CT molecular complexity index is 657. The topological polar surface area (TPSA) is 80.9 Å². The molecule has 2 N–H and O–H groups in total. The SMILES string of the molecule is Cc1c(C(=O)O)oc2ccc(OCC3CNCCO3)cc12. The molecule has 0 bridgehead atoms. The first-order valence-electron chi connectivity index (χ1n) is 6.86. The van der Waals surface area contributed by atoms with Crippen molar-refractivity contribution in [2.75, 3.05) is 26.3 Å². The molecule has 1 saturated heterocycles. The van der Waals surface area contributed by atoms with E-state index in [2.05, 4.69) is 5.32 Å². The van der Waals surface area contributed by atoms with Crippen LogP contribution in [0, 0.1) is 6.92 Å². The minimum Gasteiger partial charge on any atom is -0.491 e. The largest absolute Gasteiger partial charge is 0.491 e. The fourth-order valence-corrected chi connectivity index (χ4v) is 2.41. The summed E-state index contributed by atoms with van der Waals surface area (Å²) >= 11 is 0. The third-order valence-electron chi connectivity index (χ3n) is 3.54. The van der Waals surface area contributed by atoms with Crippen molar-refractivity contribution in [3.8, 4) is 5.75 Å². The molecule has 2 aromatic rings. The van der Waals surface area contributed by atoms with E-state index < -0.39 is 5.97 Å². The van der Waals surface area contributed by atoms with E-state index in [0.717, 1.165) is 18.5 Å². The minimum atomic E-state index is -1.06. The summed E-state index contributed by atoms with van der Waals surface area (Å²) in [7, 11) is 0. The number of benzene rings is 1. The van der Waals surface area contributed by atoms with Gasteiger partial charge in [0.2, 0.25) is 5.76 Å². The molecule has 0 amide bonds. The maximum absolute atomic E-state index is 11.1. The van der Waals surface area contributed by atoms with Gasteiger partial charge in [-0.05, 0) is 25.1 Å². The number of hydrogen-bond donors (Lipinski definition) is 2. The molecule has 2 heterocycles. The maximum atomic E-state index is 11.1. The number of carboxylic acid groups (broad SMARTS) is 1. The third kappa shape index (κ3) is 2.86. The van der Waals surface area contributed by atoms with Crippen LogP contribution < -0.4 is 10.1 Å². The van der Waals surface area contributed by atoms with Crippen LogP contribution in [0.5, 0.6) is 5.75 Å². The predicted molar refractivity (Wildman–Crippen MR) is 76.0 cm³/mol. The molecule has 112 valence electrons. The number of ether oxygens (including phenoxy) is 2. The van der Waals surface area contributed by atoms with Crippen LogP contribution in [0.2, 0.25) is 0 Å². The molecule has 6 nitrogen and oxygen atoms in total. The molecule has 1 fully saturated rings. The minimum absolute atomic E-state index is 0.0260. The van der Waals surface area contributed by atoms with Crippen LogP contribution in [0.15, 0.2) is 22.6 Å². The van der Waals surface area contributed by atoms with Crippen molar-refractivity contribution in [1.29, 1.82) is 0 Å². The molecule has 1 unspecified atom stereocenters. The highest BCUT2D eigenvalue weighted by molar-refractivity contribution is 5.95. The van der Waals surface area contributed by atoms with Crippen LogP contribution >= 0.6 is 0 Å². The van der Waals surface area contributed by atoms with E-state index in [1.165, 1.54) is 0 Å². The van der Waals surface area contributed by atoms with E-state index in [4.69, 9.17) is 19.0 Å². The number of morpholine rings is 1. The van der Waals surface area contributed by atoms with Crippen molar-refractivity contribution in [2.45, 2.75) is 13.0 Å². The number of furan rings is 1. The van der Waals surface area contributed by atoms with Gasteiger partial charge in [0.05, 0.1) is 6.61 Å². The standard InChI is InChI=1S/C15H17NO5/c1-9-12-6-10(20-8-11-7-16-4-5-19-11)2-3-13(12)21-14(9)15(17)18/h2-3,6,11,16H,4-5,7-8H2,1H3,(H,17,18). The van der Waals surface area contributed by atoms with E-state index in [9.17, 15) is 4.79 Å². The van der Waals surface area contributed by atoms with Gasteiger partial charge in [-0.3, -0.25) is 0 Å². The molecule has 1 aromatic carbocycles. The fraction of sp³-hybridized carbons (Fsp3) is 0.400. The summed E-state index contributed by atoms with van der Waals surface area (Å²) in [6, 6.07) is 5.30. The number of fused-ring (bicyclic) bond motifs is 1. The maximum Gasteiger partial charge on any atom is 0.372 e. The van der Waals surface area contributed by atoms with E-state index in [1.807, 2.05) is 0 Å². The summed E-state index contributed by atoms with van der Waals surface area (Å²) in [5, 5.41) is 13.1. The molecule has 1 atom stereocenters. The Labute approximate surface area is 121 Å². The first kappa shape index (κ1) is 13.9. The van der Waals surface area contributed by atoms with Crippen LogP contribution in [0.3, 0.4) is 0 Å². The summed E-state index contributed by atoms with van der Waals surface area (Å²) in [6.07, 6.45) is 0.0366. The number of rotatable bonds is 4. The molecule has 1 aromatic heterocycles. The second kappa shape index (κ2) is 5.75. The van der Waals surface area contributed by atoms with Crippen molar-refractivity contribution >= 4 is 16.9 Å². The lowest BCUT2D eigenvalue weighted by molar-refractivity contribution is 0.000221. The summed E-state index contributed by atoms with van der Waals surface area (Å²) in [6.45, 7) is 4.52. The zero-order chi connectivity index (χ0) is 14.8. The van der Waals surface area contributed by atoms with Gasteiger partial charge in [0, 0.05) is 24.0 Å². The molecule has 1 aliphatic rings. The lowest BCUT2D eigenvalue weighted by atomic mass is 10.1. The molecule has 3 rings (SSSR count). The van der Waals surface area contributed by atoms with E-state index in [0.29, 0.717) is 30.1 Å². The van der Waals surface area contributed by atoms with Crippen LogP contribution in [0.25, 0.3) is 11.0 Å². The van der Waals surface area contributed by atoms with Crippen LogP contribution in [0.1, 0.15) is 16.1 Å². The number of aryl methyl sites for hydroxylation is 1. The zero-order valence-corrected chi connectivity index (χ0v) is 11.7. The van der Waals surface area contributed by atoms with Crippen molar-refractivity contribution in [3.05, 3.63) is 29.5 Å². The average molecular weight is 291 g/mol. The zero-order valence-electron chi connectivity index (χ0n) is 11.7. The van der Waals surface area contributed by atoms with Crippen molar-refractivity contribution in [2.24, 2.45) is 0 Å². The molecular formula is C15H17NO5. The van der Waals surface area contributed by atoms with Crippen LogP contribution in [-0.2, 0) is 4.74 Å². The Kier molecular flexibility index (Phi) is 3.81. The molecule has 0 spiro atoms.